The molecule has 0 aliphatic heterocycles. The average Bonchev–Trinajstić information content (AvgIpc) is 2.87. The fourth-order valence-electron chi connectivity index (χ4n) is 3.35. The number of para-hydroxylation sites is 1. The largest absolute Gasteiger partial charge is 0.490 e. The van der Waals surface area contributed by atoms with E-state index >= 15 is 0 Å². The number of hydrogen-bond acceptors (Lipinski definition) is 5. The number of benzene rings is 3. The molecule has 1 unspecified atom stereocenters. The third-order valence-electron chi connectivity index (χ3n) is 5.20. The maximum Gasteiger partial charge on any atom is 0.490 e. The van der Waals surface area contributed by atoms with Gasteiger partial charge in [-0.05, 0) is 54.4 Å². The summed E-state index contributed by atoms with van der Waals surface area (Å²) in [4.78, 5) is 38.4. The van der Waals surface area contributed by atoms with E-state index in [0.29, 0.717) is 22.5 Å². The van der Waals surface area contributed by atoms with E-state index in [9.17, 15) is 27.6 Å². The molecule has 0 saturated carbocycles. The van der Waals surface area contributed by atoms with Gasteiger partial charge in [0.2, 0.25) is 5.91 Å². The Kier molecular flexibility index (Phi) is 8.44. The number of esters is 1. The Bertz CT molecular complexity index is 1220. The first-order valence-corrected chi connectivity index (χ1v) is 10.9. The van der Waals surface area contributed by atoms with E-state index in [2.05, 4.69) is 10.1 Å². The number of alkyl halides is 3. The molecule has 36 heavy (non-hydrogen) atoms. The van der Waals surface area contributed by atoms with Crippen LogP contribution < -0.4 is 16.0 Å². The summed E-state index contributed by atoms with van der Waals surface area (Å²) in [5, 5.41) is 2.66. The molecule has 2 amide bonds. The molecule has 7 nitrogen and oxygen atoms in total. The van der Waals surface area contributed by atoms with Gasteiger partial charge in [-0.2, -0.15) is 13.2 Å². The molecule has 10 heteroatoms. The van der Waals surface area contributed by atoms with Crippen molar-refractivity contribution < 1.29 is 32.3 Å². The summed E-state index contributed by atoms with van der Waals surface area (Å²) in [6.07, 6.45) is -6.23. The smallest absolute Gasteiger partial charge is 0.451 e. The lowest BCUT2D eigenvalue weighted by Crippen LogP contribution is -2.38. The predicted molar refractivity (Wildman–Crippen MR) is 128 cm³/mol. The van der Waals surface area contributed by atoms with Crippen molar-refractivity contribution in [2.45, 2.75) is 25.7 Å². The molecule has 0 radical (unpaired) electrons. The summed E-state index contributed by atoms with van der Waals surface area (Å²) in [5.74, 6) is -3.16. The summed E-state index contributed by atoms with van der Waals surface area (Å²) in [6.45, 7) is 1.27. The third-order valence-corrected chi connectivity index (χ3v) is 5.20. The van der Waals surface area contributed by atoms with E-state index < -0.39 is 24.2 Å². The van der Waals surface area contributed by atoms with Gasteiger partial charge >= 0.3 is 12.1 Å². The Morgan fingerprint density at radius 3 is 2.25 bits per heavy atom. The van der Waals surface area contributed by atoms with Crippen LogP contribution in [0.2, 0.25) is 0 Å². The Morgan fingerprint density at radius 1 is 0.972 bits per heavy atom. The minimum Gasteiger partial charge on any atom is -0.451 e. The molecule has 0 fully saturated rings. The zero-order chi connectivity index (χ0) is 26.3. The minimum absolute atomic E-state index is 0.261. The van der Waals surface area contributed by atoms with Crippen LogP contribution in [0.5, 0.6) is 0 Å². The molecule has 3 N–H and O–H groups in total. The third kappa shape index (κ3) is 6.92. The maximum absolute atomic E-state index is 13.3. The lowest BCUT2D eigenvalue weighted by molar-refractivity contribution is -0.204. The van der Waals surface area contributed by atoms with Crippen molar-refractivity contribution in [3.63, 3.8) is 0 Å². The molecule has 0 aliphatic rings. The Hall–Kier alpha value is -4.18. The predicted octanol–water partition coefficient (Wildman–Crippen LogP) is 4.60. The van der Waals surface area contributed by atoms with Gasteiger partial charge in [-0.1, -0.05) is 42.5 Å². The van der Waals surface area contributed by atoms with Gasteiger partial charge in [-0.25, -0.2) is 4.79 Å². The molecular formula is C26H24F3N3O4. The van der Waals surface area contributed by atoms with Crippen LogP contribution in [-0.4, -0.2) is 30.5 Å². The molecule has 3 aromatic rings. The highest BCUT2D eigenvalue weighted by Gasteiger charge is 2.41. The van der Waals surface area contributed by atoms with E-state index in [1.54, 1.807) is 54.6 Å². The van der Waals surface area contributed by atoms with Gasteiger partial charge in [0.1, 0.15) is 12.6 Å². The van der Waals surface area contributed by atoms with Crippen molar-refractivity contribution >= 4 is 29.2 Å². The molecular weight excluding hydrogens is 475 g/mol. The monoisotopic (exact) mass is 499 g/mol. The van der Waals surface area contributed by atoms with E-state index in [1.165, 1.54) is 36.1 Å². The van der Waals surface area contributed by atoms with E-state index in [4.69, 9.17) is 5.73 Å². The summed E-state index contributed by atoms with van der Waals surface area (Å²) < 4.78 is 41.6. The molecule has 0 heterocycles. The number of nitrogens with zero attached hydrogens (tertiary/aromatic N) is 1. The molecule has 3 rings (SSSR count). The van der Waals surface area contributed by atoms with Crippen LogP contribution >= 0.6 is 0 Å². The number of hydrogen-bond donors (Lipinski definition) is 2. The number of anilines is 2. The second-order valence-corrected chi connectivity index (χ2v) is 7.85. The summed E-state index contributed by atoms with van der Waals surface area (Å²) >= 11 is 0. The van der Waals surface area contributed by atoms with Gasteiger partial charge in [0.25, 0.3) is 5.91 Å². The molecule has 0 aliphatic carbocycles. The molecule has 1 atom stereocenters. The van der Waals surface area contributed by atoms with Crippen LogP contribution in [0.1, 0.15) is 34.5 Å². The van der Waals surface area contributed by atoms with Crippen LogP contribution in [0, 0.1) is 0 Å². The average molecular weight is 499 g/mol. The second-order valence-electron chi connectivity index (χ2n) is 7.85. The number of nitrogens with one attached hydrogen (secondary N) is 1. The quantitative estimate of drug-likeness (QED) is 0.441. The standard InChI is InChI=1S/C26H24F3N3O4/c1-17(36-25(35)26(27,28)29)19-10-12-21(13-11-19)31-23(33)16-32(22-8-3-2-4-9-22)24(34)20-7-5-6-18(14-20)15-30/h2-14,17H,15-16,30H2,1H3,(H,31,33). The fourth-order valence-corrected chi connectivity index (χ4v) is 3.35. The van der Waals surface area contributed by atoms with Crippen molar-refractivity contribution in [3.8, 4) is 0 Å². The van der Waals surface area contributed by atoms with Gasteiger partial charge in [0.15, 0.2) is 0 Å². The molecule has 0 aromatic heterocycles. The van der Waals surface area contributed by atoms with Crippen molar-refractivity contribution in [1.82, 2.24) is 0 Å². The van der Waals surface area contributed by atoms with E-state index in [0.717, 1.165) is 5.56 Å². The van der Waals surface area contributed by atoms with Gasteiger partial charge < -0.3 is 15.8 Å². The first-order chi connectivity index (χ1) is 17.1. The Morgan fingerprint density at radius 2 is 1.64 bits per heavy atom. The molecule has 188 valence electrons. The summed E-state index contributed by atoms with van der Waals surface area (Å²) in [5.41, 5.74) is 8.01. The van der Waals surface area contributed by atoms with Crippen molar-refractivity contribution in [3.05, 3.63) is 95.6 Å². The topological polar surface area (TPSA) is 102 Å². The van der Waals surface area contributed by atoms with Crippen LogP contribution in [0.25, 0.3) is 0 Å². The second kappa shape index (κ2) is 11.5. The van der Waals surface area contributed by atoms with Gasteiger partial charge in [0, 0.05) is 23.5 Å². The molecule has 0 saturated heterocycles. The summed E-state index contributed by atoms with van der Waals surface area (Å²) in [7, 11) is 0. The minimum atomic E-state index is -5.09. The summed E-state index contributed by atoms with van der Waals surface area (Å²) in [6, 6.07) is 21.3. The van der Waals surface area contributed by atoms with Crippen LogP contribution in [0.15, 0.2) is 78.9 Å². The maximum atomic E-state index is 13.3. The van der Waals surface area contributed by atoms with Crippen LogP contribution in [0.4, 0.5) is 24.5 Å². The number of rotatable bonds is 8. The molecule has 0 bridgehead atoms. The molecule has 0 spiro atoms. The highest BCUT2D eigenvalue weighted by Crippen LogP contribution is 2.25. The number of halogens is 3. The number of nitrogens with two attached hydrogens (primary N) is 1. The normalized spacial score (nSPS) is 11.9. The highest BCUT2D eigenvalue weighted by molar-refractivity contribution is 6.10. The van der Waals surface area contributed by atoms with Gasteiger partial charge in [-0.3, -0.25) is 14.5 Å². The highest BCUT2D eigenvalue weighted by atomic mass is 19.4. The van der Waals surface area contributed by atoms with Crippen molar-refractivity contribution in [2.75, 3.05) is 16.8 Å². The zero-order valence-electron chi connectivity index (χ0n) is 19.3. The SMILES string of the molecule is CC(OC(=O)C(F)(F)F)c1ccc(NC(=O)CN(C(=O)c2cccc(CN)c2)c2ccccc2)cc1. The number of amides is 2. The van der Waals surface area contributed by atoms with Crippen LogP contribution in [0.3, 0.4) is 0 Å². The number of carbonyl (C=O) groups excluding carboxylic acids is 3. The first-order valence-electron chi connectivity index (χ1n) is 10.9. The van der Waals surface area contributed by atoms with E-state index in [1.807, 2.05) is 0 Å². The lowest BCUT2D eigenvalue weighted by Gasteiger charge is -2.23. The van der Waals surface area contributed by atoms with Gasteiger partial charge in [-0.15, -0.1) is 0 Å². The first kappa shape index (κ1) is 26.4. The Balaban J connectivity index is 1.72. The fraction of sp³-hybridized carbons (Fsp3) is 0.192. The lowest BCUT2D eigenvalue weighted by atomic mass is 10.1. The van der Waals surface area contributed by atoms with Crippen molar-refractivity contribution in [1.29, 1.82) is 0 Å². The number of carbonyl (C=O) groups is 3. The molecule has 3 aromatic carbocycles. The number of ether oxygens (including phenoxy) is 1. The zero-order valence-corrected chi connectivity index (χ0v) is 19.3. The van der Waals surface area contributed by atoms with Gasteiger partial charge in [0.05, 0.1) is 0 Å². The Labute approximate surface area is 205 Å². The van der Waals surface area contributed by atoms with Crippen molar-refractivity contribution in [2.24, 2.45) is 5.73 Å². The van der Waals surface area contributed by atoms with Crippen LogP contribution in [-0.2, 0) is 20.9 Å². The van der Waals surface area contributed by atoms with E-state index in [-0.39, 0.29) is 19.0 Å².